The van der Waals surface area contributed by atoms with Crippen LogP contribution < -0.4 is 5.69 Å². The molecule has 5 nitrogen and oxygen atoms in total. The van der Waals surface area contributed by atoms with Gasteiger partial charge in [-0.05, 0) is 37.6 Å². The minimum absolute atomic E-state index is 0.264. The predicted molar refractivity (Wildman–Crippen MR) is 74.9 cm³/mol. The molecule has 0 amide bonds. The third-order valence-corrected chi connectivity index (χ3v) is 3.06. The maximum atomic E-state index is 11.9. The monoisotopic (exact) mass is 272 g/mol. The summed E-state index contributed by atoms with van der Waals surface area (Å²) >= 11 is 0. The van der Waals surface area contributed by atoms with Gasteiger partial charge >= 0.3 is 11.7 Å². The number of aromatic nitrogens is 2. The average molecular weight is 272 g/mol. The third kappa shape index (κ3) is 2.93. The highest BCUT2D eigenvalue weighted by Crippen LogP contribution is 2.08. The molecule has 0 fully saturated rings. The van der Waals surface area contributed by atoms with Gasteiger partial charge < -0.3 is 4.74 Å². The van der Waals surface area contributed by atoms with Gasteiger partial charge in [0.15, 0.2) is 0 Å². The first-order valence-electron chi connectivity index (χ1n) is 6.23. The van der Waals surface area contributed by atoms with Crippen molar-refractivity contribution >= 4 is 5.97 Å². The zero-order valence-electron chi connectivity index (χ0n) is 11.7. The summed E-state index contributed by atoms with van der Waals surface area (Å²) in [5.74, 6) is -0.373. The van der Waals surface area contributed by atoms with E-state index in [2.05, 4.69) is 9.72 Å². The molecular formula is C15H16N2O3. The molecule has 5 heteroatoms. The SMILES string of the molecule is COC(=O)c1ccc(Cn2c(C)cc(C)nc2=O)cc1. The maximum absolute atomic E-state index is 11.9. The summed E-state index contributed by atoms with van der Waals surface area (Å²) in [6.07, 6.45) is 0. The van der Waals surface area contributed by atoms with E-state index in [0.29, 0.717) is 17.8 Å². The number of methoxy groups -OCH3 is 1. The molecule has 0 bridgehead atoms. The molecule has 0 aliphatic heterocycles. The lowest BCUT2D eigenvalue weighted by molar-refractivity contribution is 0.0600. The molecule has 1 aromatic carbocycles. The van der Waals surface area contributed by atoms with E-state index in [0.717, 1.165) is 11.3 Å². The third-order valence-electron chi connectivity index (χ3n) is 3.06. The zero-order valence-corrected chi connectivity index (χ0v) is 11.7. The Hall–Kier alpha value is -2.43. The predicted octanol–water partition coefficient (Wildman–Crippen LogP) is 1.70. The Morgan fingerprint density at radius 3 is 2.45 bits per heavy atom. The van der Waals surface area contributed by atoms with Gasteiger partial charge in [-0.1, -0.05) is 12.1 Å². The van der Waals surface area contributed by atoms with Gasteiger partial charge in [-0.2, -0.15) is 4.98 Å². The van der Waals surface area contributed by atoms with Crippen LogP contribution in [-0.4, -0.2) is 22.6 Å². The summed E-state index contributed by atoms with van der Waals surface area (Å²) in [5.41, 5.74) is 2.72. The van der Waals surface area contributed by atoms with Gasteiger partial charge in [0.05, 0.1) is 19.2 Å². The van der Waals surface area contributed by atoms with E-state index in [-0.39, 0.29) is 11.7 Å². The Morgan fingerprint density at radius 2 is 1.90 bits per heavy atom. The van der Waals surface area contributed by atoms with E-state index in [1.165, 1.54) is 7.11 Å². The maximum Gasteiger partial charge on any atom is 0.348 e. The smallest absolute Gasteiger partial charge is 0.348 e. The molecule has 0 aliphatic rings. The van der Waals surface area contributed by atoms with Crippen LogP contribution in [0.3, 0.4) is 0 Å². The highest BCUT2D eigenvalue weighted by Gasteiger charge is 2.07. The second-order valence-electron chi connectivity index (χ2n) is 4.60. The molecule has 0 unspecified atom stereocenters. The summed E-state index contributed by atoms with van der Waals surface area (Å²) in [7, 11) is 1.34. The molecule has 0 saturated heterocycles. The van der Waals surface area contributed by atoms with Gasteiger partial charge in [-0.3, -0.25) is 4.57 Å². The number of carbonyl (C=O) groups is 1. The van der Waals surface area contributed by atoms with E-state index in [1.54, 1.807) is 35.8 Å². The van der Waals surface area contributed by atoms with Gasteiger partial charge in [0.2, 0.25) is 0 Å². The number of nitrogens with zero attached hydrogens (tertiary/aromatic N) is 2. The Bertz CT molecular complexity index is 687. The lowest BCUT2D eigenvalue weighted by Crippen LogP contribution is -2.26. The number of carbonyl (C=O) groups excluding carboxylic acids is 1. The first-order valence-corrected chi connectivity index (χ1v) is 6.23. The largest absolute Gasteiger partial charge is 0.465 e. The first kappa shape index (κ1) is 14.0. The van der Waals surface area contributed by atoms with E-state index in [1.807, 2.05) is 13.0 Å². The number of esters is 1. The molecule has 104 valence electrons. The molecule has 0 aliphatic carbocycles. The van der Waals surface area contributed by atoms with Gasteiger partial charge in [0, 0.05) is 11.4 Å². The highest BCUT2D eigenvalue weighted by atomic mass is 16.5. The van der Waals surface area contributed by atoms with Crippen molar-refractivity contribution in [3.05, 3.63) is 63.3 Å². The second kappa shape index (κ2) is 5.69. The van der Waals surface area contributed by atoms with Crippen LogP contribution in [0.15, 0.2) is 35.1 Å². The minimum Gasteiger partial charge on any atom is -0.465 e. The van der Waals surface area contributed by atoms with Gasteiger partial charge in [0.25, 0.3) is 0 Å². The van der Waals surface area contributed by atoms with Crippen LogP contribution >= 0.6 is 0 Å². The van der Waals surface area contributed by atoms with Crippen LogP contribution in [-0.2, 0) is 11.3 Å². The Balaban J connectivity index is 2.27. The van der Waals surface area contributed by atoms with Crippen LogP contribution in [0.2, 0.25) is 0 Å². The van der Waals surface area contributed by atoms with E-state index < -0.39 is 0 Å². The minimum atomic E-state index is -0.373. The molecule has 2 aromatic rings. The summed E-state index contributed by atoms with van der Waals surface area (Å²) in [6.45, 7) is 4.10. The average Bonchev–Trinajstić information content (AvgIpc) is 2.42. The molecular weight excluding hydrogens is 256 g/mol. The number of hydrogen-bond donors (Lipinski definition) is 0. The molecule has 0 saturated carbocycles. The van der Waals surface area contributed by atoms with Crippen molar-refractivity contribution in [1.29, 1.82) is 0 Å². The normalized spacial score (nSPS) is 10.3. The second-order valence-corrected chi connectivity index (χ2v) is 4.60. The molecule has 0 radical (unpaired) electrons. The van der Waals surface area contributed by atoms with Crippen molar-refractivity contribution < 1.29 is 9.53 Å². The fraction of sp³-hybridized carbons (Fsp3) is 0.267. The van der Waals surface area contributed by atoms with Crippen molar-refractivity contribution in [2.24, 2.45) is 0 Å². The molecule has 0 N–H and O–H groups in total. The Kier molecular flexibility index (Phi) is 3.98. The Labute approximate surface area is 116 Å². The van der Waals surface area contributed by atoms with Crippen LogP contribution in [0.5, 0.6) is 0 Å². The number of ether oxygens (including phenoxy) is 1. The number of aryl methyl sites for hydroxylation is 2. The van der Waals surface area contributed by atoms with Crippen LogP contribution in [0.25, 0.3) is 0 Å². The van der Waals surface area contributed by atoms with Crippen LogP contribution in [0.4, 0.5) is 0 Å². The van der Waals surface area contributed by atoms with Crippen molar-refractivity contribution in [1.82, 2.24) is 9.55 Å². The highest BCUT2D eigenvalue weighted by molar-refractivity contribution is 5.89. The molecule has 1 aromatic heterocycles. The van der Waals surface area contributed by atoms with E-state index in [4.69, 9.17) is 0 Å². The quantitative estimate of drug-likeness (QED) is 0.798. The fourth-order valence-corrected chi connectivity index (χ4v) is 2.01. The van der Waals surface area contributed by atoms with Crippen LogP contribution in [0, 0.1) is 13.8 Å². The topological polar surface area (TPSA) is 61.2 Å². The van der Waals surface area contributed by atoms with Crippen molar-refractivity contribution in [3.63, 3.8) is 0 Å². The van der Waals surface area contributed by atoms with Gasteiger partial charge in [-0.25, -0.2) is 9.59 Å². The van der Waals surface area contributed by atoms with E-state index in [9.17, 15) is 9.59 Å². The summed E-state index contributed by atoms with van der Waals surface area (Å²) < 4.78 is 6.24. The number of hydrogen-bond acceptors (Lipinski definition) is 4. The summed E-state index contributed by atoms with van der Waals surface area (Å²) in [4.78, 5) is 27.1. The van der Waals surface area contributed by atoms with E-state index >= 15 is 0 Å². The lowest BCUT2D eigenvalue weighted by atomic mass is 10.1. The van der Waals surface area contributed by atoms with Gasteiger partial charge in [0.1, 0.15) is 0 Å². The lowest BCUT2D eigenvalue weighted by Gasteiger charge is -2.10. The van der Waals surface area contributed by atoms with Gasteiger partial charge in [-0.15, -0.1) is 0 Å². The van der Waals surface area contributed by atoms with Crippen LogP contribution in [0.1, 0.15) is 27.3 Å². The summed E-state index contributed by atoms with van der Waals surface area (Å²) in [6, 6.07) is 8.84. The fourth-order valence-electron chi connectivity index (χ4n) is 2.01. The Morgan fingerprint density at radius 1 is 1.25 bits per heavy atom. The van der Waals surface area contributed by atoms with Crippen molar-refractivity contribution in [3.8, 4) is 0 Å². The molecule has 0 atom stereocenters. The number of benzene rings is 1. The molecule has 0 spiro atoms. The molecule has 20 heavy (non-hydrogen) atoms. The van der Waals surface area contributed by atoms with Crippen molar-refractivity contribution in [2.45, 2.75) is 20.4 Å². The standard InChI is InChI=1S/C15H16N2O3/c1-10-8-11(2)17(15(19)16-10)9-12-4-6-13(7-5-12)14(18)20-3/h4-8H,9H2,1-3H3. The molecule has 2 rings (SSSR count). The first-order chi connectivity index (χ1) is 9.51. The summed E-state index contributed by atoms with van der Waals surface area (Å²) in [5, 5.41) is 0. The zero-order chi connectivity index (χ0) is 14.7. The molecule has 1 heterocycles. The number of rotatable bonds is 3. The van der Waals surface area contributed by atoms with Crippen molar-refractivity contribution in [2.75, 3.05) is 7.11 Å².